The summed E-state index contributed by atoms with van der Waals surface area (Å²) in [7, 11) is 1.49. The normalized spacial score (nSPS) is 16.8. The van der Waals surface area contributed by atoms with Gasteiger partial charge in [-0.25, -0.2) is 0 Å². The fourth-order valence-corrected chi connectivity index (χ4v) is 4.39. The average molecular weight is 488 g/mol. The fourth-order valence-electron chi connectivity index (χ4n) is 4.39. The number of aliphatic hydroxyl groups is 1. The van der Waals surface area contributed by atoms with Crippen molar-refractivity contribution in [3.63, 3.8) is 0 Å². The van der Waals surface area contributed by atoms with Crippen LogP contribution in [-0.2, 0) is 9.59 Å². The summed E-state index contributed by atoms with van der Waals surface area (Å²) in [6.45, 7) is 6.45. The second kappa shape index (κ2) is 10.6. The number of aryl methyl sites for hydroxylation is 1. The number of aliphatic hydroxyl groups excluding tert-OH is 1. The first-order valence-corrected chi connectivity index (χ1v) is 11.8. The van der Waals surface area contributed by atoms with Crippen molar-refractivity contribution in [2.75, 3.05) is 25.2 Å². The predicted molar refractivity (Wildman–Crippen MR) is 138 cm³/mol. The molecule has 186 valence electrons. The molecule has 1 atom stereocenters. The van der Waals surface area contributed by atoms with Crippen LogP contribution in [0.2, 0.25) is 0 Å². The zero-order valence-electron chi connectivity index (χ0n) is 20.8. The zero-order valence-corrected chi connectivity index (χ0v) is 20.8. The maximum absolute atomic E-state index is 13.5. The summed E-state index contributed by atoms with van der Waals surface area (Å²) in [6, 6.07) is 18.7. The van der Waals surface area contributed by atoms with Gasteiger partial charge < -0.3 is 19.3 Å². The molecule has 36 heavy (non-hydrogen) atoms. The number of ether oxygens (including phenoxy) is 3. The Morgan fingerprint density at radius 1 is 0.889 bits per heavy atom. The second-order valence-electron chi connectivity index (χ2n) is 8.28. The van der Waals surface area contributed by atoms with Crippen LogP contribution < -0.4 is 19.1 Å². The summed E-state index contributed by atoms with van der Waals surface area (Å²) in [5.74, 6) is -0.413. The number of hydrogen-bond donors (Lipinski definition) is 1. The van der Waals surface area contributed by atoms with Crippen LogP contribution in [0.4, 0.5) is 5.69 Å². The number of Topliss-reactive ketones (excluding diaryl/α,β-unsaturated/α-hetero) is 1. The smallest absolute Gasteiger partial charge is 0.300 e. The highest BCUT2D eigenvalue weighted by atomic mass is 16.5. The molecule has 1 amide bonds. The molecule has 1 unspecified atom stereocenters. The maximum Gasteiger partial charge on any atom is 0.300 e. The van der Waals surface area contributed by atoms with Crippen LogP contribution in [0.1, 0.15) is 36.6 Å². The molecule has 1 N–H and O–H groups in total. The van der Waals surface area contributed by atoms with E-state index in [1.165, 1.54) is 12.0 Å². The third-order valence-electron chi connectivity index (χ3n) is 5.97. The summed E-state index contributed by atoms with van der Waals surface area (Å²) in [5.41, 5.74) is 2.33. The van der Waals surface area contributed by atoms with Gasteiger partial charge in [-0.1, -0.05) is 42.0 Å². The molecule has 1 heterocycles. The van der Waals surface area contributed by atoms with Crippen molar-refractivity contribution >= 4 is 23.1 Å². The molecule has 4 rings (SSSR count). The highest BCUT2D eigenvalue weighted by molar-refractivity contribution is 6.51. The monoisotopic (exact) mass is 487 g/mol. The fraction of sp³-hybridized carbons (Fsp3) is 0.241. The van der Waals surface area contributed by atoms with E-state index in [-0.39, 0.29) is 11.3 Å². The molecule has 1 aliphatic heterocycles. The Morgan fingerprint density at radius 2 is 1.56 bits per heavy atom. The Hall–Kier alpha value is -4.26. The molecule has 0 saturated carbocycles. The van der Waals surface area contributed by atoms with Crippen LogP contribution in [0, 0.1) is 6.92 Å². The van der Waals surface area contributed by atoms with Crippen molar-refractivity contribution < 1.29 is 28.9 Å². The highest BCUT2D eigenvalue weighted by Gasteiger charge is 2.47. The first kappa shape index (κ1) is 24.9. The van der Waals surface area contributed by atoms with E-state index in [9.17, 15) is 14.7 Å². The molecule has 0 aromatic heterocycles. The van der Waals surface area contributed by atoms with Crippen LogP contribution in [0.5, 0.6) is 17.2 Å². The average Bonchev–Trinajstić information content (AvgIpc) is 3.15. The minimum atomic E-state index is -0.858. The second-order valence-corrected chi connectivity index (χ2v) is 8.28. The summed E-state index contributed by atoms with van der Waals surface area (Å²) in [6.07, 6.45) is 0. The molecule has 0 aliphatic carbocycles. The van der Waals surface area contributed by atoms with Crippen LogP contribution in [0.15, 0.2) is 72.3 Å². The third kappa shape index (κ3) is 4.52. The van der Waals surface area contributed by atoms with Crippen LogP contribution in [0.3, 0.4) is 0 Å². The molecular formula is C29H29NO6. The molecule has 0 bridgehead atoms. The zero-order chi connectivity index (χ0) is 25.8. The molecule has 1 fully saturated rings. The van der Waals surface area contributed by atoms with E-state index in [1.54, 1.807) is 30.3 Å². The molecule has 1 saturated heterocycles. The number of carbonyl (C=O) groups excluding carboxylic acids is 2. The van der Waals surface area contributed by atoms with Crippen LogP contribution in [-0.4, -0.2) is 37.1 Å². The lowest BCUT2D eigenvalue weighted by molar-refractivity contribution is -0.132. The van der Waals surface area contributed by atoms with E-state index in [0.717, 1.165) is 5.56 Å². The molecule has 3 aromatic rings. The molecule has 7 heteroatoms. The van der Waals surface area contributed by atoms with Crippen molar-refractivity contribution in [2.45, 2.75) is 26.8 Å². The summed E-state index contributed by atoms with van der Waals surface area (Å²) in [5, 5.41) is 11.4. The lowest BCUT2D eigenvalue weighted by atomic mass is 9.94. The molecule has 7 nitrogen and oxygen atoms in total. The minimum Gasteiger partial charge on any atom is -0.507 e. The predicted octanol–water partition coefficient (Wildman–Crippen LogP) is 5.43. The van der Waals surface area contributed by atoms with Gasteiger partial charge in [0.2, 0.25) is 0 Å². The van der Waals surface area contributed by atoms with E-state index in [0.29, 0.717) is 47.3 Å². The van der Waals surface area contributed by atoms with Gasteiger partial charge >= 0.3 is 0 Å². The van der Waals surface area contributed by atoms with E-state index in [1.807, 2.05) is 57.2 Å². The SMILES string of the molecule is CCOc1ccc(N2C(=O)C(=O)/C(=C(/O)c3cc(C)ccc3OC)C2c2ccccc2)cc1OCC. The van der Waals surface area contributed by atoms with E-state index in [4.69, 9.17) is 14.2 Å². The van der Waals surface area contributed by atoms with Crippen molar-refractivity contribution in [2.24, 2.45) is 0 Å². The number of carbonyl (C=O) groups is 2. The largest absolute Gasteiger partial charge is 0.507 e. The van der Waals surface area contributed by atoms with Crippen LogP contribution >= 0.6 is 0 Å². The number of amides is 1. The number of anilines is 1. The Balaban J connectivity index is 1.94. The first-order chi connectivity index (χ1) is 17.4. The highest BCUT2D eigenvalue weighted by Crippen LogP contribution is 2.45. The molecule has 1 aliphatic rings. The van der Waals surface area contributed by atoms with Gasteiger partial charge in [-0.3, -0.25) is 14.5 Å². The Bertz CT molecular complexity index is 1310. The number of ketones is 1. The molecular weight excluding hydrogens is 458 g/mol. The van der Waals surface area contributed by atoms with Gasteiger partial charge in [0.1, 0.15) is 11.5 Å². The van der Waals surface area contributed by atoms with E-state index in [2.05, 4.69) is 0 Å². The van der Waals surface area contributed by atoms with Gasteiger partial charge in [0.25, 0.3) is 11.7 Å². The number of benzene rings is 3. The quantitative estimate of drug-likeness (QED) is 0.259. The number of methoxy groups -OCH3 is 1. The van der Waals surface area contributed by atoms with Gasteiger partial charge in [-0.15, -0.1) is 0 Å². The number of hydrogen-bond acceptors (Lipinski definition) is 6. The van der Waals surface area contributed by atoms with Crippen molar-refractivity contribution in [3.05, 3.63) is 89.0 Å². The Labute approximate surface area is 210 Å². The minimum absolute atomic E-state index is 0.0121. The summed E-state index contributed by atoms with van der Waals surface area (Å²) >= 11 is 0. The topological polar surface area (TPSA) is 85.3 Å². The standard InChI is InChI=1S/C29H29NO6/c1-5-35-23-15-13-20(17-24(23)36-6-2)30-26(19-10-8-7-9-11-19)25(28(32)29(30)33)27(31)21-16-18(3)12-14-22(21)34-4/h7-17,26,31H,5-6H2,1-4H3/b27-25+. The van der Waals surface area contributed by atoms with Crippen molar-refractivity contribution in [3.8, 4) is 17.2 Å². The van der Waals surface area contributed by atoms with Gasteiger partial charge in [-0.2, -0.15) is 0 Å². The maximum atomic E-state index is 13.5. The van der Waals surface area contributed by atoms with Gasteiger partial charge in [0, 0.05) is 11.8 Å². The van der Waals surface area contributed by atoms with Gasteiger partial charge in [0.05, 0.1) is 37.5 Å². The third-order valence-corrected chi connectivity index (χ3v) is 5.97. The lowest BCUT2D eigenvalue weighted by Gasteiger charge is -2.26. The molecule has 0 radical (unpaired) electrons. The van der Waals surface area contributed by atoms with Gasteiger partial charge in [-0.05, 0) is 50.6 Å². The Morgan fingerprint density at radius 3 is 2.22 bits per heavy atom. The van der Waals surface area contributed by atoms with Crippen LogP contribution in [0.25, 0.3) is 5.76 Å². The van der Waals surface area contributed by atoms with E-state index >= 15 is 0 Å². The van der Waals surface area contributed by atoms with Crippen molar-refractivity contribution in [1.29, 1.82) is 0 Å². The van der Waals surface area contributed by atoms with Gasteiger partial charge in [0.15, 0.2) is 11.5 Å². The number of nitrogens with zero attached hydrogens (tertiary/aromatic N) is 1. The summed E-state index contributed by atoms with van der Waals surface area (Å²) < 4.78 is 16.9. The van der Waals surface area contributed by atoms with E-state index < -0.39 is 17.7 Å². The molecule has 3 aromatic carbocycles. The lowest BCUT2D eigenvalue weighted by Crippen LogP contribution is -2.29. The Kier molecular flexibility index (Phi) is 7.29. The molecule has 0 spiro atoms. The summed E-state index contributed by atoms with van der Waals surface area (Å²) in [4.78, 5) is 28.3. The first-order valence-electron chi connectivity index (χ1n) is 11.8. The van der Waals surface area contributed by atoms with Crippen molar-refractivity contribution in [1.82, 2.24) is 0 Å². The number of rotatable bonds is 8.